The summed E-state index contributed by atoms with van der Waals surface area (Å²) in [5.74, 6) is 0.413. The summed E-state index contributed by atoms with van der Waals surface area (Å²) in [7, 11) is 0. The van der Waals surface area contributed by atoms with Gasteiger partial charge in [0.1, 0.15) is 0 Å². The van der Waals surface area contributed by atoms with E-state index in [1.807, 2.05) is 45.0 Å². The third-order valence-electron chi connectivity index (χ3n) is 3.82. The number of carbonyl (C=O) groups excluding carboxylic acids is 1. The summed E-state index contributed by atoms with van der Waals surface area (Å²) in [6.07, 6.45) is 0. The largest absolute Gasteiger partial charge is 0.462 e. The van der Waals surface area contributed by atoms with Crippen molar-refractivity contribution in [2.24, 2.45) is 5.92 Å². The van der Waals surface area contributed by atoms with E-state index >= 15 is 0 Å². The van der Waals surface area contributed by atoms with Crippen LogP contribution >= 0.6 is 11.6 Å². The smallest absolute Gasteiger partial charge is 0.336 e. The van der Waals surface area contributed by atoms with Gasteiger partial charge in [0.25, 0.3) is 5.91 Å². The summed E-state index contributed by atoms with van der Waals surface area (Å²) in [6.45, 7) is 6.50. The first-order chi connectivity index (χ1) is 12.5. The fourth-order valence-corrected chi connectivity index (χ4v) is 2.70. The van der Waals surface area contributed by atoms with Crippen LogP contribution in [0.2, 0.25) is 5.02 Å². The Morgan fingerprint density at radius 2 is 1.85 bits per heavy atom. The molecule has 0 atom stereocenters. The van der Waals surface area contributed by atoms with Crippen LogP contribution in [0, 0.1) is 12.8 Å². The van der Waals surface area contributed by atoms with Gasteiger partial charge in [-0.2, -0.15) is 9.67 Å². The lowest BCUT2D eigenvalue weighted by molar-refractivity contribution is 0.0944. The molecule has 0 amide bonds. The van der Waals surface area contributed by atoms with Gasteiger partial charge in [-0.15, -0.1) is 5.10 Å². The van der Waals surface area contributed by atoms with Gasteiger partial charge in [0.15, 0.2) is 5.82 Å². The summed E-state index contributed by atoms with van der Waals surface area (Å²) in [5.41, 5.74) is 2.17. The average Bonchev–Trinajstić information content (AvgIpc) is 3.04. The average molecular weight is 370 g/mol. The molecule has 0 aliphatic rings. The van der Waals surface area contributed by atoms with Gasteiger partial charge in [-0.25, -0.2) is 0 Å². The van der Waals surface area contributed by atoms with Crippen molar-refractivity contribution in [1.82, 2.24) is 14.8 Å². The molecule has 0 fully saturated rings. The minimum Gasteiger partial charge on any atom is -0.462 e. The Labute approximate surface area is 157 Å². The predicted molar refractivity (Wildman–Crippen MR) is 102 cm³/mol. The summed E-state index contributed by atoms with van der Waals surface area (Å²) in [4.78, 5) is 17.5. The first-order valence-corrected chi connectivity index (χ1v) is 8.80. The molecule has 0 N–H and O–H groups in total. The fourth-order valence-electron chi connectivity index (χ4n) is 2.48. The van der Waals surface area contributed by atoms with Crippen LogP contribution in [0.3, 0.4) is 0 Å². The zero-order chi connectivity index (χ0) is 18.7. The first kappa shape index (κ1) is 18.1. The van der Waals surface area contributed by atoms with Crippen LogP contribution in [0.4, 0.5) is 0 Å². The lowest BCUT2D eigenvalue weighted by Gasteiger charge is -2.07. The van der Waals surface area contributed by atoms with Gasteiger partial charge in [0.05, 0.1) is 17.2 Å². The van der Waals surface area contributed by atoms with Crippen LogP contribution in [0.15, 0.2) is 48.5 Å². The van der Waals surface area contributed by atoms with Crippen molar-refractivity contribution in [3.05, 3.63) is 64.7 Å². The van der Waals surface area contributed by atoms with Crippen LogP contribution in [0.25, 0.3) is 11.4 Å². The quantitative estimate of drug-likeness (QED) is 0.657. The van der Waals surface area contributed by atoms with Gasteiger partial charge in [0.2, 0.25) is 0 Å². The van der Waals surface area contributed by atoms with E-state index in [-0.39, 0.29) is 11.9 Å². The van der Waals surface area contributed by atoms with Crippen LogP contribution in [-0.4, -0.2) is 27.3 Å². The maximum absolute atomic E-state index is 13.0. The molecule has 3 aromatic rings. The number of carbonyl (C=O) groups is 1. The van der Waals surface area contributed by atoms with Crippen molar-refractivity contribution in [3.8, 4) is 17.4 Å². The molecule has 1 aromatic heterocycles. The number of ether oxygens (including phenoxy) is 1. The second kappa shape index (κ2) is 7.70. The maximum Gasteiger partial charge on any atom is 0.336 e. The SMILES string of the molecule is Cc1ccccc1-c1nc(OCC(C)C)nn1C(=O)c1ccccc1Cl. The van der Waals surface area contributed by atoms with Crippen LogP contribution in [0.5, 0.6) is 6.01 Å². The summed E-state index contributed by atoms with van der Waals surface area (Å²) >= 11 is 6.19. The van der Waals surface area contributed by atoms with Gasteiger partial charge in [-0.1, -0.05) is 61.8 Å². The van der Waals surface area contributed by atoms with Crippen LogP contribution < -0.4 is 4.74 Å². The summed E-state index contributed by atoms with van der Waals surface area (Å²) in [6, 6.07) is 14.8. The Morgan fingerprint density at radius 3 is 2.54 bits per heavy atom. The van der Waals surface area contributed by atoms with Gasteiger partial charge < -0.3 is 4.74 Å². The molecule has 0 aliphatic heterocycles. The second-order valence-corrected chi connectivity index (χ2v) is 6.84. The fraction of sp³-hybridized carbons (Fsp3) is 0.250. The molecule has 1 heterocycles. The van der Waals surface area contributed by atoms with Crippen LogP contribution in [-0.2, 0) is 0 Å². The van der Waals surface area contributed by atoms with Gasteiger partial charge in [-0.3, -0.25) is 4.79 Å². The number of aromatic nitrogens is 3. The lowest BCUT2D eigenvalue weighted by Crippen LogP contribution is -2.16. The van der Waals surface area contributed by atoms with Crippen molar-refractivity contribution < 1.29 is 9.53 Å². The van der Waals surface area contributed by atoms with E-state index in [1.54, 1.807) is 24.3 Å². The first-order valence-electron chi connectivity index (χ1n) is 8.42. The molecule has 0 bridgehead atoms. The molecule has 0 radical (unpaired) electrons. The number of nitrogens with zero attached hydrogens (tertiary/aromatic N) is 3. The van der Waals surface area contributed by atoms with E-state index in [4.69, 9.17) is 16.3 Å². The normalized spacial score (nSPS) is 11.0. The molecule has 5 nitrogen and oxygen atoms in total. The molecule has 134 valence electrons. The molecule has 0 saturated carbocycles. The molecule has 3 rings (SSSR count). The predicted octanol–water partition coefficient (Wildman–Crippen LogP) is 4.63. The highest BCUT2D eigenvalue weighted by Crippen LogP contribution is 2.26. The second-order valence-electron chi connectivity index (χ2n) is 6.43. The number of halogens is 1. The Bertz CT molecular complexity index is 934. The zero-order valence-corrected chi connectivity index (χ0v) is 15.7. The van der Waals surface area contributed by atoms with Gasteiger partial charge in [-0.05, 0) is 30.5 Å². The van der Waals surface area contributed by atoms with E-state index in [0.717, 1.165) is 11.1 Å². The molecule has 2 aromatic carbocycles. The Kier molecular flexibility index (Phi) is 5.38. The summed E-state index contributed by atoms with van der Waals surface area (Å²) < 4.78 is 6.90. The molecule has 0 aliphatic carbocycles. The molecular weight excluding hydrogens is 350 g/mol. The highest BCUT2D eigenvalue weighted by atomic mass is 35.5. The van der Waals surface area contributed by atoms with Crippen molar-refractivity contribution >= 4 is 17.5 Å². The third-order valence-corrected chi connectivity index (χ3v) is 4.15. The van der Waals surface area contributed by atoms with Crippen molar-refractivity contribution in [2.75, 3.05) is 6.61 Å². The molecule has 0 unspecified atom stereocenters. The van der Waals surface area contributed by atoms with Crippen LogP contribution in [0.1, 0.15) is 29.8 Å². The van der Waals surface area contributed by atoms with E-state index < -0.39 is 0 Å². The van der Waals surface area contributed by atoms with E-state index in [1.165, 1.54) is 4.68 Å². The van der Waals surface area contributed by atoms with Gasteiger partial charge in [0, 0.05) is 5.56 Å². The molecule has 0 spiro atoms. The van der Waals surface area contributed by atoms with Crippen molar-refractivity contribution in [2.45, 2.75) is 20.8 Å². The van der Waals surface area contributed by atoms with Gasteiger partial charge >= 0.3 is 6.01 Å². The Balaban J connectivity index is 2.09. The molecule has 6 heteroatoms. The zero-order valence-electron chi connectivity index (χ0n) is 14.9. The molecular formula is C20H20ClN3O2. The minimum atomic E-state index is -0.347. The number of benzene rings is 2. The third kappa shape index (κ3) is 3.78. The summed E-state index contributed by atoms with van der Waals surface area (Å²) in [5, 5.41) is 4.66. The lowest BCUT2D eigenvalue weighted by atomic mass is 10.1. The molecule has 0 saturated heterocycles. The highest BCUT2D eigenvalue weighted by Gasteiger charge is 2.22. The Hall–Kier alpha value is -2.66. The topological polar surface area (TPSA) is 57.0 Å². The van der Waals surface area contributed by atoms with E-state index in [0.29, 0.717) is 28.9 Å². The number of hydrogen-bond donors (Lipinski definition) is 0. The monoisotopic (exact) mass is 369 g/mol. The number of aryl methyl sites for hydroxylation is 1. The minimum absolute atomic E-state index is 0.178. The van der Waals surface area contributed by atoms with E-state index in [9.17, 15) is 4.79 Å². The van der Waals surface area contributed by atoms with Crippen molar-refractivity contribution in [3.63, 3.8) is 0 Å². The standard InChI is InChI=1S/C20H20ClN3O2/c1-13(2)12-26-20-22-18(15-9-5-4-8-14(15)3)24(23-20)19(25)16-10-6-7-11-17(16)21/h4-11,13H,12H2,1-3H3. The Morgan fingerprint density at radius 1 is 1.15 bits per heavy atom. The highest BCUT2D eigenvalue weighted by molar-refractivity contribution is 6.33. The maximum atomic E-state index is 13.0. The number of rotatable bonds is 5. The van der Waals surface area contributed by atoms with Crippen molar-refractivity contribution in [1.29, 1.82) is 0 Å². The van der Waals surface area contributed by atoms with E-state index in [2.05, 4.69) is 10.1 Å². The molecule has 26 heavy (non-hydrogen) atoms. The number of hydrogen-bond acceptors (Lipinski definition) is 4.